The number of rotatable bonds is 7. The third-order valence-electron chi connectivity index (χ3n) is 7.52. The van der Waals surface area contributed by atoms with Crippen LogP contribution in [-0.2, 0) is 10.0 Å². The van der Waals surface area contributed by atoms with E-state index in [1.807, 2.05) is 6.07 Å². The van der Waals surface area contributed by atoms with E-state index in [4.69, 9.17) is 13.6 Å². The van der Waals surface area contributed by atoms with E-state index in [2.05, 4.69) is 10.3 Å². The van der Waals surface area contributed by atoms with Crippen molar-refractivity contribution in [1.82, 2.24) is 10.3 Å². The van der Waals surface area contributed by atoms with Crippen LogP contribution in [0.2, 0.25) is 0 Å². The molecule has 6 aromatic rings. The normalized spacial score (nSPS) is 11.5. The van der Waals surface area contributed by atoms with Gasteiger partial charge < -0.3 is 18.9 Å². The summed E-state index contributed by atoms with van der Waals surface area (Å²) >= 11 is 0. The Hall–Kier alpha value is -5.74. The van der Waals surface area contributed by atoms with E-state index in [0.29, 0.717) is 33.4 Å². The van der Waals surface area contributed by atoms with Gasteiger partial charge in [-0.3, -0.25) is 9.10 Å². The van der Waals surface area contributed by atoms with Gasteiger partial charge in [-0.1, -0.05) is 6.07 Å². The Morgan fingerprint density at radius 3 is 2.35 bits per heavy atom. The number of methoxy groups -OCH3 is 1. The van der Waals surface area contributed by atoms with Crippen molar-refractivity contribution < 1.29 is 35.6 Å². The van der Waals surface area contributed by atoms with Gasteiger partial charge in [0.1, 0.15) is 28.4 Å². The molecule has 6 rings (SSSR count). The number of carbonyl (C=O) groups is 1. The Kier molecular flexibility index (Phi) is 7.45. The molecule has 13 heteroatoms. The second-order valence-electron chi connectivity index (χ2n) is 10.3. The predicted octanol–water partition coefficient (Wildman–Crippen LogP) is 6.49. The zero-order valence-corrected chi connectivity index (χ0v) is 25.6. The first-order valence-corrected chi connectivity index (χ1v) is 15.5. The molecule has 10 nitrogen and oxygen atoms in total. The second-order valence-corrected chi connectivity index (χ2v) is 12.4. The minimum Gasteiger partial charge on any atom is -0.496 e. The molecule has 0 atom stereocenters. The molecule has 0 radical (unpaired) electrons. The second kappa shape index (κ2) is 11.3. The van der Waals surface area contributed by atoms with E-state index >= 15 is 0 Å². The fraction of sp³-hybridized carbons (Fsp3) is 0.121. The minimum absolute atomic E-state index is 0.00487. The maximum absolute atomic E-state index is 14.7. The number of halogens is 2. The highest BCUT2D eigenvalue weighted by molar-refractivity contribution is 7.92. The predicted molar refractivity (Wildman–Crippen MR) is 168 cm³/mol. The number of fused-ring (bicyclic) bond motifs is 2. The van der Waals surface area contributed by atoms with E-state index in [1.54, 1.807) is 24.3 Å². The Balaban J connectivity index is 1.63. The van der Waals surface area contributed by atoms with Gasteiger partial charge >= 0.3 is 0 Å². The number of nitrogens with one attached hydrogen (secondary N) is 1. The van der Waals surface area contributed by atoms with Crippen molar-refractivity contribution in [3.63, 3.8) is 0 Å². The molecule has 46 heavy (non-hydrogen) atoms. The van der Waals surface area contributed by atoms with Gasteiger partial charge in [-0.15, -0.1) is 0 Å². The first-order valence-electron chi connectivity index (χ1n) is 13.6. The topological polar surface area (TPSA) is 139 Å². The van der Waals surface area contributed by atoms with Crippen LogP contribution in [0.3, 0.4) is 0 Å². The summed E-state index contributed by atoms with van der Waals surface area (Å²) in [7, 11) is 0.478. The molecule has 2 heterocycles. The molecular formula is C33H24F2N4O6S. The lowest BCUT2D eigenvalue weighted by molar-refractivity contribution is 0.0964. The lowest BCUT2D eigenvalue weighted by Crippen LogP contribution is -2.25. The fourth-order valence-corrected chi connectivity index (χ4v) is 5.68. The average Bonchev–Trinajstić information content (AvgIpc) is 3.65. The average molecular weight is 643 g/mol. The number of oxazole rings is 1. The lowest BCUT2D eigenvalue weighted by Gasteiger charge is -2.21. The number of amides is 1. The quantitative estimate of drug-likeness (QED) is 0.209. The number of hydrogen-bond donors (Lipinski definition) is 1. The lowest BCUT2D eigenvalue weighted by atomic mass is 9.97. The monoisotopic (exact) mass is 642 g/mol. The van der Waals surface area contributed by atoms with Gasteiger partial charge in [-0.25, -0.2) is 22.2 Å². The number of aromatic nitrogens is 1. The van der Waals surface area contributed by atoms with Crippen LogP contribution in [0.4, 0.5) is 14.5 Å². The molecule has 1 N–H and O–H groups in total. The summed E-state index contributed by atoms with van der Waals surface area (Å²) in [5, 5.41) is 12.2. The zero-order valence-electron chi connectivity index (χ0n) is 24.8. The summed E-state index contributed by atoms with van der Waals surface area (Å²) in [6, 6.07) is 17.8. The van der Waals surface area contributed by atoms with Crippen LogP contribution in [0.15, 0.2) is 75.6 Å². The van der Waals surface area contributed by atoms with Crippen molar-refractivity contribution >= 4 is 43.7 Å². The Morgan fingerprint density at radius 1 is 0.978 bits per heavy atom. The highest BCUT2D eigenvalue weighted by Crippen LogP contribution is 2.43. The summed E-state index contributed by atoms with van der Waals surface area (Å²) in [6.07, 6.45) is 1.05. The number of benzene rings is 4. The van der Waals surface area contributed by atoms with E-state index < -0.39 is 27.6 Å². The third kappa shape index (κ3) is 5.18. The van der Waals surface area contributed by atoms with Crippen LogP contribution in [0.25, 0.3) is 56.0 Å². The Morgan fingerprint density at radius 2 is 1.70 bits per heavy atom. The standard InChI is InChI=1S/C33H24F2N4O6S/c1-37-32(40)29-22-14-21(25(39(2)46(4,41)42)15-27(22)44-31(29)18-5-8-20(34)9-6-18)19-7-10-26(43-3)23(13-19)33-38-30-24(35)11-17(16-36)12-28(30)45-33/h5-15H,1-4H3,(H,37,40). The molecule has 0 aliphatic carbocycles. The first kappa shape index (κ1) is 30.3. The Bertz CT molecular complexity index is 2340. The molecule has 1 amide bonds. The first-order chi connectivity index (χ1) is 21.9. The maximum atomic E-state index is 14.7. The van der Waals surface area contributed by atoms with Gasteiger partial charge in [0.2, 0.25) is 15.9 Å². The summed E-state index contributed by atoms with van der Waals surface area (Å²) in [6.45, 7) is 0. The van der Waals surface area contributed by atoms with Crippen LogP contribution in [0.5, 0.6) is 5.75 Å². The summed E-state index contributed by atoms with van der Waals surface area (Å²) in [5.74, 6) is -1.20. The van der Waals surface area contributed by atoms with E-state index in [9.17, 15) is 27.3 Å². The van der Waals surface area contributed by atoms with Gasteiger partial charge in [-0.05, 0) is 54.1 Å². The minimum atomic E-state index is -3.79. The van der Waals surface area contributed by atoms with E-state index in [1.165, 1.54) is 57.6 Å². The van der Waals surface area contributed by atoms with Crippen LogP contribution in [-0.4, -0.2) is 46.8 Å². The van der Waals surface area contributed by atoms with Crippen molar-refractivity contribution in [3.8, 4) is 45.7 Å². The molecule has 232 valence electrons. The molecule has 0 fully saturated rings. The molecule has 2 aromatic heterocycles. The number of furan rings is 1. The van der Waals surface area contributed by atoms with Crippen LogP contribution in [0.1, 0.15) is 15.9 Å². The smallest absolute Gasteiger partial charge is 0.255 e. The van der Waals surface area contributed by atoms with Crippen LogP contribution >= 0.6 is 0 Å². The van der Waals surface area contributed by atoms with Gasteiger partial charge in [-0.2, -0.15) is 5.26 Å². The number of carbonyl (C=O) groups excluding carboxylic acids is 1. The Labute approximate surface area is 261 Å². The van der Waals surface area contributed by atoms with Crippen molar-refractivity contribution in [3.05, 3.63) is 89.5 Å². The summed E-state index contributed by atoms with van der Waals surface area (Å²) < 4.78 is 72.7. The highest BCUT2D eigenvalue weighted by atomic mass is 32.2. The van der Waals surface area contributed by atoms with Gasteiger partial charge in [0, 0.05) is 42.7 Å². The molecule has 0 aliphatic rings. The third-order valence-corrected chi connectivity index (χ3v) is 8.71. The molecular weight excluding hydrogens is 618 g/mol. The molecule has 0 unspecified atom stereocenters. The van der Waals surface area contributed by atoms with Gasteiger partial charge in [0.25, 0.3) is 5.91 Å². The number of anilines is 1. The van der Waals surface area contributed by atoms with Crippen LogP contribution in [0, 0.1) is 23.0 Å². The summed E-state index contributed by atoms with van der Waals surface area (Å²) in [4.78, 5) is 17.5. The van der Waals surface area contributed by atoms with Crippen molar-refractivity contribution in [1.29, 1.82) is 5.26 Å². The molecule has 4 aromatic carbocycles. The molecule has 0 saturated heterocycles. The largest absolute Gasteiger partial charge is 0.496 e. The SMILES string of the molecule is CNC(=O)c1c(-c2ccc(F)cc2)oc2cc(N(C)S(C)(=O)=O)c(-c3ccc(OC)c(-c4nc5c(F)cc(C#N)cc5o4)c3)cc12. The van der Waals surface area contributed by atoms with Crippen molar-refractivity contribution in [2.45, 2.75) is 0 Å². The number of sulfonamides is 1. The van der Waals surface area contributed by atoms with Crippen molar-refractivity contribution in [2.75, 3.05) is 31.8 Å². The molecule has 0 spiro atoms. The number of nitrogens with zero attached hydrogens (tertiary/aromatic N) is 3. The number of hydrogen-bond acceptors (Lipinski definition) is 8. The molecule has 0 bridgehead atoms. The highest BCUT2D eigenvalue weighted by Gasteiger charge is 2.27. The van der Waals surface area contributed by atoms with Crippen LogP contribution < -0.4 is 14.4 Å². The zero-order chi connectivity index (χ0) is 32.9. The maximum Gasteiger partial charge on any atom is 0.255 e. The van der Waals surface area contributed by atoms with E-state index in [-0.39, 0.29) is 45.1 Å². The van der Waals surface area contributed by atoms with Gasteiger partial charge in [0.15, 0.2) is 11.4 Å². The molecule has 0 saturated carbocycles. The fourth-order valence-electron chi connectivity index (χ4n) is 5.17. The van der Waals surface area contributed by atoms with Gasteiger partial charge in [0.05, 0.1) is 41.8 Å². The van der Waals surface area contributed by atoms with Crippen molar-refractivity contribution in [2.24, 2.45) is 0 Å². The molecule has 0 aliphatic heterocycles. The number of nitriles is 1. The number of ether oxygens (including phenoxy) is 1. The van der Waals surface area contributed by atoms with E-state index in [0.717, 1.165) is 16.6 Å². The summed E-state index contributed by atoms with van der Waals surface area (Å²) in [5.41, 5.74) is 2.23.